The molecule has 8 heteroatoms. The fraction of sp³-hybridized carbons (Fsp3) is 0.500. The topological polar surface area (TPSA) is 58.5 Å². The van der Waals surface area contributed by atoms with Crippen molar-refractivity contribution in [2.45, 2.75) is 32.4 Å². The Morgan fingerprint density at radius 3 is 2.35 bits per heavy atom. The van der Waals surface area contributed by atoms with Crippen molar-refractivity contribution in [3.05, 3.63) is 17.8 Å². The van der Waals surface area contributed by atoms with E-state index >= 15 is 0 Å². The molecule has 1 aromatic rings. The number of anilines is 1. The van der Waals surface area contributed by atoms with Crippen molar-refractivity contribution in [2.75, 3.05) is 5.01 Å². The van der Waals surface area contributed by atoms with Gasteiger partial charge in [0.2, 0.25) is 0 Å². The molecule has 0 unspecified atom stereocenters. The van der Waals surface area contributed by atoms with Crippen LogP contribution < -0.4 is 5.01 Å². The molecule has 0 radical (unpaired) electrons. The zero-order valence-corrected chi connectivity index (χ0v) is 10.6. The summed E-state index contributed by atoms with van der Waals surface area (Å²) in [6.45, 7) is 1.76. The summed E-state index contributed by atoms with van der Waals surface area (Å²) in [7, 11) is 0. The van der Waals surface area contributed by atoms with E-state index in [1.807, 2.05) is 0 Å². The van der Waals surface area contributed by atoms with Gasteiger partial charge in [-0.25, -0.2) is 0 Å². The minimum atomic E-state index is -4.55. The molecule has 0 atom stereocenters. The number of alkyl halides is 3. The van der Waals surface area contributed by atoms with Crippen molar-refractivity contribution >= 4 is 17.4 Å². The Hall–Kier alpha value is -1.99. The minimum Gasteiger partial charge on any atom is -0.271 e. The summed E-state index contributed by atoms with van der Waals surface area (Å²) >= 11 is 0. The molecule has 0 N–H and O–H groups in total. The molecular formula is C12H11F3N4O. The number of carbonyl (C=O) groups is 1. The summed E-state index contributed by atoms with van der Waals surface area (Å²) in [5.74, 6) is -0.207. The fourth-order valence-electron chi connectivity index (χ4n) is 2.50. The normalized spacial score (nSPS) is 21.1. The Labute approximate surface area is 112 Å². The number of aromatic nitrogens is 2. The average molecular weight is 284 g/mol. The largest absolute Gasteiger partial charge is 0.435 e. The van der Waals surface area contributed by atoms with Gasteiger partial charge in [-0.15, -0.1) is 10.2 Å². The second-order valence-electron chi connectivity index (χ2n) is 5.01. The summed E-state index contributed by atoms with van der Waals surface area (Å²) in [6, 6.07) is 1.91. The molecule has 1 amide bonds. The van der Waals surface area contributed by atoms with E-state index in [4.69, 9.17) is 0 Å². The molecule has 0 bridgehead atoms. The van der Waals surface area contributed by atoms with Crippen LogP contribution in [-0.2, 0) is 11.0 Å². The Morgan fingerprint density at radius 2 is 1.95 bits per heavy atom. The molecule has 1 aliphatic heterocycles. The molecular weight excluding hydrogens is 273 g/mol. The Balaban J connectivity index is 1.89. The lowest BCUT2D eigenvalue weighted by Crippen LogP contribution is -2.44. The van der Waals surface area contributed by atoms with E-state index in [9.17, 15) is 18.0 Å². The summed E-state index contributed by atoms with van der Waals surface area (Å²) in [5, 5.41) is 11.8. The van der Waals surface area contributed by atoms with Crippen molar-refractivity contribution in [1.82, 2.24) is 10.2 Å². The SMILES string of the molecule is CC1=NN(c2ccc(C(F)(F)F)nn2)C(=O)C12CCC2. The highest BCUT2D eigenvalue weighted by molar-refractivity contribution is 6.18. The van der Waals surface area contributed by atoms with Crippen LogP contribution in [-0.4, -0.2) is 21.8 Å². The average Bonchev–Trinajstić information content (AvgIpc) is 2.60. The van der Waals surface area contributed by atoms with Gasteiger partial charge in [0.15, 0.2) is 11.5 Å². The van der Waals surface area contributed by atoms with Gasteiger partial charge >= 0.3 is 6.18 Å². The van der Waals surface area contributed by atoms with Gasteiger partial charge in [0, 0.05) is 0 Å². The highest BCUT2D eigenvalue weighted by Crippen LogP contribution is 2.47. The number of amides is 1. The van der Waals surface area contributed by atoms with E-state index in [2.05, 4.69) is 15.3 Å². The summed E-state index contributed by atoms with van der Waals surface area (Å²) in [4.78, 5) is 12.3. The first-order chi connectivity index (χ1) is 9.34. The van der Waals surface area contributed by atoms with E-state index < -0.39 is 17.3 Å². The van der Waals surface area contributed by atoms with Gasteiger partial charge < -0.3 is 0 Å². The van der Waals surface area contributed by atoms with Crippen molar-refractivity contribution in [3.63, 3.8) is 0 Å². The molecule has 0 aromatic carbocycles. The number of carbonyl (C=O) groups excluding carboxylic acids is 1. The molecule has 5 nitrogen and oxygen atoms in total. The third-order valence-electron chi connectivity index (χ3n) is 3.91. The van der Waals surface area contributed by atoms with Crippen LogP contribution in [0.5, 0.6) is 0 Å². The molecule has 1 saturated carbocycles. The van der Waals surface area contributed by atoms with Crippen LogP contribution in [0.4, 0.5) is 19.0 Å². The quantitative estimate of drug-likeness (QED) is 0.795. The zero-order valence-electron chi connectivity index (χ0n) is 10.6. The molecule has 1 spiro atoms. The van der Waals surface area contributed by atoms with Crippen LogP contribution in [0, 0.1) is 5.41 Å². The van der Waals surface area contributed by atoms with Crippen LogP contribution in [0.25, 0.3) is 0 Å². The molecule has 2 heterocycles. The van der Waals surface area contributed by atoms with E-state index in [-0.39, 0.29) is 11.7 Å². The molecule has 3 rings (SSSR count). The van der Waals surface area contributed by atoms with Gasteiger partial charge in [-0.1, -0.05) is 6.42 Å². The standard InChI is InChI=1S/C12H11F3N4O/c1-7-11(5-2-6-11)10(20)19(18-7)9-4-3-8(16-17-9)12(13,14)15/h3-4H,2,5-6H2,1H3. The molecule has 1 aliphatic carbocycles. The van der Waals surface area contributed by atoms with Gasteiger partial charge in [-0.05, 0) is 31.9 Å². The van der Waals surface area contributed by atoms with E-state index in [0.717, 1.165) is 36.4 Å². The number of hydrogen-bond donors (Lipinski definition) is 0. The third kappa shape index (κ3) is 1.70. The maximum absolute atomic E-state index is 12.4. The van der Waals surface area contributed by atoms with Gasteiger partial charge in [0.1, 0.15) is 0 Å². The van der Waals surface area contributed by atoms with Crippen LogP contribution in [0.2, 0.25) is 0 Å². The van der Waals surface area contributed by atoms with Crippen molar-refractivity contribution in [3.8, 4) is 0 Å². The monoisotopic (exact) mass is 284 g/mol. The highest BCUT2D eigenvalue weighted by Gasteiger charge is 2.53. The number of halogens is 3. The van der Waals surface area contributed by atoms with Crippen LogP contribution in [0.3, 0.4) is 0 Å². The number of rotatable bonds is 1. The van der Waals surface area contributed by atoms with Gasteiger partial charge in [0.05, 0.1) is 11.1 Å². The number of hydrazone groups is 1. The van der Waals surface area contributed by atoms with Crippen molar-refractivity contribution in [2.24, 2.45) is 10.5 Å². The second-order valence-corrected chi connectivity index (χ2v) is 5.01. The molecule has 1 fully saturated rings. The van der Waals surface area contributed by atoms with Crippen molar-refractivity contribution in [1.29, 1.82) is 0 Å². The lowest BCUT2D eigenvalue weighted by Gasteiger charge is -2.35. The highest BCUT2D eigenvalue weighted by atomic mass is 19.4. The van der Waals surface area contributed by atoms with Crippen LogP contribution in [0.1, 0.15) is 31.9 Å². The Bertz CT molecular complexity index is 590. The maximum atomic E-state index is 12.4. The third-order valence-corrected chi connectivity index (χ3v) is 3.91. The predicted octanol–water partition coefficient (Wildman–Crippen LogP) is 2.39. The predicted molar refractivity (Wildman–Crippen MR) is 63.9 cm³/mol. The lowest BCUT2D eigenvalue weighted by molar-refractivity contribution is -0.141. The minimum absolute atomic E-state index is 0.0196. The van der Waals surface area contributed by atoms with Gasteiger partial charge in [-0.3, -0.25) is 4.79 Å². The zero-order chi connectivity index (χ0) is 14.5. The van der Waals surface area contributed by atoms with Crippen molar-refractivity contribution < 1.29 is 18.0 Å². The maximum Gasteiger partial charge on any atom is 0.435 e. The molecule has 2 aliphatic rings. The first-order valence-corrected chi connectivity index (χ1v) is 6.16. The Kier molecular flexibility index (Phi) is 2.60. The second kappa shape index (κ2) is 4.00. The molecule has 106 valence electrons. The summed E-state index contributed by atoms with van der Waals surface area (Å²) in [6.07, 6.45) is -2.14. The van der Waals surface area contributed by atoms with E-state index in [0.29, 0.717) is 5.71 Å². The van der Waals surface area contributed by atoms with E-state index in [1.54, 1.807) is 6.92 Å². The number of nitrogens with zero attached hydrogens (tertiary/aromatic N) is 4. The first kappa shape index (κ1) is 13.0. The molecule has 20 heavy (non-hydrogen) atoms. The fourth-order valence-corrected chi connectivity index (χ4v) is 2.50. The molecule has 0 saturated heterocycles. The smallest absolute Gasteiger partial charge is 0.271 e. The van der Waals surface area contributed by atoms with Gasteiger partial charge in [-0.2, -0.15) is 23.3 Å². The van der Waals surface area contributed by atoms with E-state index in [1.165, 1.54) is 0 Å². The summed E-state index contributed by atoms with van der Waals surface area (Å²) < 4.78 is 37.2. The number of hydrogen-bond acceptors (Lipinski definition) is 4. The van der Waals surface area contributed by atoms with Crippen LogP contribution >= 0.6 is 0 Å². The molecule has 1 aromatic heterocycles. The lowest BCUT2D eigenvalue weighted by atomic mass is 9.66. The first-order valence-electron chi connectivity index (χ1n) is 6.16. The summed E-state index contributed by atoms with van der Waals surface area (Å²) in [5.41, 5.74) is -0.966. The van der Waals surface area contributed by atoms with Gasteiger partial charge in [0.25, 0.3) is 5.91 Å². The van der Waals surface area contributed by atoms with Crippen LogP contribution in [0.15, 0.2) is 17.2 Å². The Morgan fingerprint density at radius 1 is 1.25 bits per heavy atom.